The molecular formula is C10H14N2O3. The van der Waals surface area contributed by atoms with Gasteiger partial charge in [-0.25, -0.2) is 5.48 Å². The summed E-state index contributed by atoms with van der Waals surface area (Å²) in [6, 6.07) is 3.46. The third-order valence-corrected chi connectivity index (χ3v) is 1.73. The van der Waals surface area contributed by atoms with Crippen LogP contribution < -0.4 is 5.48 Å². The van der Waals surface area contributed by atoms with Crippen LogP contribution in [0.5, 0.6) is 0 Å². The van der Waals surface area contributed by atoms with Crippen LogP contribution in [0.4, 0.5) is 0 Å². The number of methoxy groups -OCH3 is 1. The van der Waals surface area contributed by atoms with Gasteiger partial charge in [0.15, 0.2) is 0 Å². The standard InChI is InChI=1S/C10H14N2O3/c1-8-3-4-9(7-11-8)10(13)12-15-6-5-14-2/h3-4,7H,5-6H2,1-2H3,(H,12,13). The van der Waals surface area contributed by atoms with Crippen molar-refractivity contribution in [3.63, 3.8) is 0 Å². The molecule has 1 N–H and O–H groups in total. The molecule has 5 nitrogen and oxygen atoms in total. The van der Waals surface area contributed by atoms with E-state index in [2.05, 4.69) is 10.5 Å². The number of amides is 1. The molecule has 0 unspecified atom stereocenters. The lowest BCUT2D eigenvalue weighted by atomic mass is 10.2. The highest BCUT2D eigenvalue weighted by atomic mass is 16.7. The van der Waals surface area contributed by atoms with E-state index < -0.39 is 0 Å². The highest BCUT2D eigenvalue weighted by Crippen LogP contribution is 1.98. The highest BCUT2D eigenvalue weighted by molar-refractivity contribution is 5.93. The van der Waals surface area contributed by atoms with Crippen molar-refractivity contribution in [2.45, 2.75) is 6.92 Å². The van der Waals surface area contributed by atoms with Crippen LogP contribution in [0.15, 0.2) is 18.3 Å². The Bertz CT molecular complexity index is 311. The van der Waals surface area contributed by atoms with Crippen molar-refractivity contribution in [1.29, 1.82) is 0 Å². The number of ether oxygens (including phenoxy) is 1. The van der Waals surface area contributed by atoms with E-state index in [-0.39, 0.29) is 5.91 Å². The van der Waals surface area contributed by atoms with Crippen LogP contribution in [-0.4, -0.2) is 31.2 Å². The van der Waals surface area contributed by atoms with E-state index in [1.165, 1.54) is 6.20 Å². The second kappa shape index (κ2) is 6.10. The molecule has 0 saturated heterocycles. The van der Waals surface area contributed by atoms with Gasteiger partial charge in [-0.2, -0.15) is 0 Å². The first kappa shape index (κ1) is 11.6. The van der Waals surface area contributed by atoms with Gasteiger partial charge < -0.3 is 4.74 Å². The second-order valence-corrected chi connectivity index (χ2v) is 2.96. The monoisotopic (exact) mass is 210 g/mol. The lowest BCUT2D eigenvalue weighted by Crippen LogP contribution is -2.25. The maximum Gasteiger partial charge on any atom is 0.276 e. The molecule has 1 aromatic rings. The normalized spacial score (nSPS) is 10.0. The van der Waals surface area contributed by atoms with Gasteiger partial charge >= 0.3 is 0 Å². The van der Waals surface area contributed by atoms with E-state index >= 15 is 0 Å². The summed E-state index contributed by atoms with van der Waals surface area (Å²) in [7, 11) is 1.56. The van der Waals surface area contributed by atoms with E-state index in [0.717, 1.165) is 5.69 Å². The molecule has 0 fully saturated rings. The molecule has 0 bridgehead atoms. The molecule has 0 spiro atoms. The summed E-state index contributed by atoms with van der Waals surface area (Å²) in [5, 5.41) is 0. The number of hydrogen-bond acceptors (Lipinski definition) is 4. The topological polar surface area (TPSA) is 60.5 Å². The first-order valence-corrected chi connectivity index (χ1v) is 4.58. The quantitative estimate of drug-likeness (QED) is 0.574. The smallest absolute Gasteiger partial charge is 0.276 e. The van der Waals surface area contributed by atoms with Crippen LogP contribution in [0.2, 0.25) is 0 Å². The minimum atomic E-state index is -0.307. The van der Waals surface area contributed by atoms with Crippen molar-refractivity contribution in [3.05, 3.63) is 29.6 Å². The number of nitrogens with one attached hydrogen (secondary N) is 1. The Morgan fingerprint density at radius 1 is 1.47 bits per heavy atom. The molecule has 1 heterocycles. The number of aromatic nitrogens is 1. The van der Waals surface area contributed by atoms with Crippen molar-refractivity contribution in [3.8, 4) is 0 Å². The zero-order valence-electron chi connectivity index (χ0n) is 8.82. The summed E-state index contributed by atoms with van der Waals surface area (Å²) in [5.41, 5.74) is 3.63. The van der Waals surface area contributed by atoms with Crippen LogP contribution >= 0.6 is 0 Å². The summed E-state index contributed by atoms with van der Waals surface area (Å²) in [4.78, 5) is 20.3. The van der Waals surface area contributed by atoms with Crippen molar-refractivity contribution < 1.29 is 14.4 Å². The SMILES string of the molecule is COCCONC(=O)c1ccc(C)nc1. The van der Waals surface area contributed by atoms with Crippen molar-refractivity contribution in [2.24, 2.45) is 0 Å². The molecule has 0 atom stereocenters. The summed E-state index contributed by atoms with van der Waals surface area (Å²) in [6.07, 6.45) is 1.50. The molecule has 1 rings (SSSR count). The Morgan fingerprint density at radius 2 is 2.27 bits per heavy atom. The molecule has 1 amide bonds. The molecule has 0 aliphatic heterocycles. The third kappa shape index (κ3) is 4.05. The minimum absolute atomic E-state index is 0.307. The van der Waals surface area contributed by atoms with Gasteiger partial charge in [-0.1, -0.05) is 0 Å². The van der Waals surface area contributed by atoms with Gasteiger partial charge in [0, 0.05) is 19.0 Å². The fourth-order valence-electron chi connectivity index (χ4n) is 0.903. The second-order valence-electron chi connectivity index (χ2n) is 2.96. The maximum absolute atomic E-state index is 11.4. The lowest BCUT2D eigenvalue weighted by molar-refractivity contribution is 0.00886. The number of aryl methyl sites for hydroxylation is 1. The van der Waals surface area contributed by atoms with Gasteiger partial charge in [-0.15, -0.1) is 0 Å². The first-order chi connectivity index (χ1) is 7.24. The molecule has 0 saturated carbocycles. The Morgan fingerprint density at radius 3 is 2.87 bits per heavy atom. The molecule has 5 heteroatoms. The van der Waals surface area contributed by atoms with Crippen LogP contribution in [0.25, 0.3) is 0 Å². The van der Waals surface area contributed by atoms with Gasteiger partial charge in [0.1, 0.15) is 0 Å². The average molecular weight is 210 g/mol. The zero-order valence-corrected chi connectivity index (χ0v) is 8.82. The highest BCUT2D eigenvalue weighted by Gasteiger charge is 2.04. The Balaban J connectivity index is 2.37. The molecule has 0 aliphatic carbocycles. The van der Waals surface area contributed by atoms with E-state index in [1.807, 2.05) is 6.92 Å². The number of hydroxylamine groups is 1. The minimum Gasteiger partial charge on any atom is -0.382 e. The largest absolute Gasteiger partial charge is 0.382 e. The Hall–Kier alpha value is -1.46. The van der Waals surface area contributed by atoms with Crippen molar-refractivity contribution >= 4 is 5.91 Å². The summed E-state index contributed by atoms with van der Waals surface area (Å²) in [6.45, 7) is 2.62. The average Bonchev–Trinajstić information content (AvgIpc) is 2.25. The van der Waals surface area contributed by atoms with E-state index in [0.29, 0.717) is 18.8 Å². The summed E-state index contributed by atoms with van der Waals surface area (Å²) >= 11 is 0. The van der Waals surface area contributed by atoms with Crippen LogP contribution in [-0.2, 0) is 9.57 Å². The molecule has 0 radical (unpaired) electrons. The fourth-order valence-corrected chi connectivity index (χ4v) is 0.903. The predicted octanol–water partition coefficient (Wildman–Crippen LogP) is 0.698. The van der Waals surface area contributed by atoms with Gasteiger partial charge in [-0.3, -0.25) is 14.6 Å². The van der Waals surface area contributed by atoms with Crippen LogP contribution in [0.3, 0.4) is 0 Å². The fraction of sp³-hybridized carbons (Fsp3) is 0.400. The summed E-state index contributed by atoms with van der Waals surface area (Å²) < 4.78 is 4.76. The van der Waals surface area contributed by atoms with Gasteiger partial charge in [-0.05, 0) is 19.1 Å². The van der Waals surface area contributed by atoms with E-state index in [4.69, 9.17) is 9.57 Å². The maximum atomic E-state index is 11.4. The van der Waals surface area contributed by atoms with Crippen LogP contribution in [0.1, 0.15) is 16.1 Å². The van der Waals surface area contributed by atoms with Gasteiger partial charge in [0.05, 0.1) is 18.8 Å². The number of carbonyl (C=O) groups excluding carboxylic acids is 1. The molecule has 1 aromatic heterocycles. The zero-order chi connectivity index (χ0) is 11.1. The number of carbonyl (C=O) groups is 1. The number of pyridine rings is 1. The Labute approximate surface area is 88.4 Å². The van der Waals surface area contributed by atoms with E-state index in [1.54, 1.807) is 19.2 Å². The van der Waals surface area contributed by atoms with Crippen LogP contribution in [0, 0.1) is 6.92 Å². The number of nitrogens with zero attached hydrogens (tertiary/aromatic N) is 1. The first-order valence-electron chi connectivity index (χ1n) is 4.58. The van der Waals surface area contributed by atoms with E-state index in [9.17, 15) is 4.79 Å². The molecule has 0 aromatic carbocycles. The molecular weight excluding hydrogens is 196 g/mol. The number of rotatable bonds is 5. The summed E-state index contributed by atoms with van der Waals surface area (Å²) in [5.74, 6) is -0.307. The van der Waals surface area contributed by atoms with Crippen molar-refractivity contribution in [1.82, 2.24) is 10.5 Å². The Kier molecular flexibility index (Phi) is 4.73. The lowest BCUT2D eigenvalue weighted by Gasteiger charge is -2.04. The van der Waals surface area contributed by atoms with Crippen molar-refractivity contribution in [2.75, 3.05) is 20.3 Å². The molecule has 15 heavy (non-hydrogen) atoms. The predicted molar refractivity (Wildman–Crippen MR) is 54.3 cm³/mol. The number of hydrogen-bond donors (Lipinski definition) is 1. The van der Waals surface area contributed by atoms with Gasteiger partial charge in [0.25, 0.3) is 5.91 Å². The molecule has 0 aliphatic rings. The van der Waals surface area contributed by atoms with Gasteiger partial charge in [0.2, 0.25) is 0 Å². The third-order valence-electron chi connectivity index (χ3n) is 1.73. The molecule has 82 valence electrons.